The lowest BCUT2D eigenvalue weighted by Crippen LogP contribution is -2.39. The van der Waals surface area contributed by atoms with Crippen molar-refractivity contribution in [2.75, 3.05) is 5.75 Å². The second-order valence-electron chi connectivity index (χ2n) is 6.46. The first-order chi connectivity index (χ1) is 13.6. The van der Waals surface area contributed by atoms with Gasteiger partial charge in [0.15, 0.2) is 6.10 Å². The van der Waals surface area contributed by atoms with Gasteiger partial charge < -0.3 is 9.47 Å². The molecule has 30 heavy (non-hydrogen) atoms. The summed E-state index contributed by atoms with van der Waals surface area (Å²) in [5.41, 5.74) is 0. The molecule has 1 N–H and O–H groups in total. The van der Waals surface area contributed by atoms with Crippen LogP contribution in [0.5, 0.6) is 0 Å². The first-order valence-corrected chi connectivity index (χ1v) is 10.6. The highest BCUT2D eigenvalue weighted by Crippen LogP contribution is 2.26. The Kier molecular flexibility index (Phi) is 11.7. The largest absolute Gasteiger partial charge is 0.453 e. The second-order valence-corrected chi connectivity index (χ2v) is 7.96. The number of alkyl halides is 6. The van der Waals surface area contributed by atoms with Gasteiger partial charge in [-0.3, -0.25) is 14.1 Å². The minimum absolute atomic E-state index is 0.117. The molecule has 14 heteroatoms. The molecule has 0 amide bonds. The third kappa shape index (κ3) is 13.6. The lowest BCUT2D eigenvalue weighted by atomic mass is 10.1. The lowest BCUT2D eigenvalue weighted by molar-refractivity contribution is -0.221. The van der Waals surface area contributed by atoms with Crippen LogP contribution in [0.3, 0.4) is 0 Å². The van der Waals surface area contributed by atoms with Crippen molar-refractivity contribution in [3.05, 3.63) is 0 Å². The number of carbonyl (C=O) groups excluding carboxylic acids is 2. The Morgan fingerprint density at radius 1 is 0.800 bits per heavy atom. The quantitative estimate of drug-likeness (QED) is 0.186. The van der Waals surface area contributed by atoms with Crippen LogP contribution >= 0.6 is 0 Å². The summed E-state index contributed by atoms with van der Waals surface area (Å²) in [6.07, 6.45) is -14.4. The fourth-order valence-corrected chi connectivity index (χ4v) is 2.91. The number of esters is 2. The minimum Gasteiger partial charge on any atom is -0.453 e. The molecule has 0 aromatic carbocycles. The van der Waals surface area contributed by atoms with Gasteiger partial charge >= 0.3 is 24.3 Å². The smallest absolute Gasteiger partial charge is 0.426 e. The van der Waals surface area contributed by atoms with Crippen LogP contribution in [0.1, 0.15) is 58.3 Å². The standard InChI is InChI=1S/C16H24F6O7S/c1-2-11(15(17,18)19)28-13(23)8-6-4-3-5-7-9-14(24)29-12(16(20,21)22)10-30(25,26)27/h11-12H,2-10H2,1H3,(H,25,26,27). The van der Waals surface area contributed by atoms with E-state index >= 15 is 0 Å². The topological polar surface area (TPSA) is 107 Å². The summed E-state index contributed by atoms with van der Waals surface area (Å²) in [6, 6.07) is 0. The molecule has 2 unspecified atom stereocenters. The van der Waals surface area contributed by atoms with Gasteiger partial charge in [0.1, 0.15) is 5.75 Å². The maximum atomic E-state index is 12.6. The van der Waals surface area contributed by atoms with Gasteiger partial charge in [0.2, 0.25) is 6.10 Å². The Bertz CT molecular complexity index is 645. The van der Waals surface area contributed by atoms with Crippen LogP contribution in [0.4, 0.5) is 26.3 Å². The zero-order valence-electron chi connectivity index (χ0n) is 16.1. The van der Waals surface area contributed by atoms with Crippen LogP contribution < -0.4 is 0 Å². The summed E-state index contributed by atoms with van der Waals surface area (Å²) < 4.78 is 113. The van der Waals surface area contributed by atoms with Crippen molar-refractivity contribution >= 4 is 22.1 Å². The van der Waals surface area contributed by atoms with Crippen molar-refractivity contribution < 1.29 is 58.4 Å². The highest BCUT2D eigenvalue weighted by atomic mass is 32.2. The molecule has 0 aliphatic carbocycles. The van der Waals surface area contributed by atoms with Crippen molar-refractivity contribution in [2.24, 2.45) is 0 Å². The van der Waals surface area contributed by atoms with Gasteiger partial charge in [0, 0.05) is 12.8 Å². The highest BCUT2D eigenvalue weighted by Gasteiger charge is 2.45. The molecule has 0 radical (unpaired) electrons. The minimum atomic E-state index is -5.16. The monoisotopic (exact) mass is 474 g/mol. The lowest BCUT2D eigenvalue weighted by Gasteiger charge is -2.19. The third-order valence-corrected chi connectivity index (χ3v) is 4.50. The number of hydrogen-bond donors (Lipinski definition) is 1. The molecule has 178 valence electrons. The number of rotatable bonds is 13. The molecule has 7 nitrogen and oxygen atoms in total. The SMILES string of the molecule is CCC(OC(=O)CCCCCCCC(=O)OC(CS(=O)(=O)O)C(F)(F)F)C(F)(F)F. The molecule has 0 heterocycles. The van der Waals surface area contributed by atoms with Gasteiger partial charge in [-0.1, -0.05) is 26.2 Å². The molecular weight excluding hydrogens is 450 g/mol. The highest BCUT2D eigenvalue weighted by molar-refractivity contribution is 7.85. The molecule has 0 rings (SSSR count). The molecule has 0 spiro atoms. The van der Waals surface area contributed by atoms with Crippen molar-refractivity contribution in [1.29, 1.82) is 0 Å². The number of hydrogen-bond acceptors (Lipinski definition) is 6. The van der Waals surface area contributed by atoms with Gasteiger partial charge in [0.25, 0.3) is 10.1 Å². The predicted molar refractivity (Wildman–Crippen MR) is 90.9 cm³/mol. The number of unbranched alkanes of at least 4 members (excludes halogenated alkanes) is 4. The van der Waals surface area contributed by atoms with E-state index in [0.717, 1.165) is 0 Å². The van der Waals surface area contributed by atoms with E-state index in [2.05, 4.69) is 9.47 Å². The number of halogens is 6. The Hall–Kier alpha value is -1.57. The van der Waals surface area contributed by atoms with E-state index in [4.69, 9.17) is 4.55 Å². The zero-order chi connectivity index (χ0) is 23.6. The normalized spacial score (nSPS) is 14.8. The number of ether oxygens (including phenoxy) is 2. The van der Waals surface area contributed by atoms with E-state index in [-0.39, 0.29) is 19.3 Å². The summed E-state index contributed by atoms with van der Waals surface area (Å²) in [7, 11) is -5.01. The summed E-state index contributed by atoms with van der Waals surface area (Å²) in [4.78, 5) is 22.8. The first-order valence-electron chi connectivity index (χ1n) is 9.03. The van der Waals surface area contributed by atoms with Crippen LogP contribution in [-0.2, 0) is 29.2 Å². The van der Waals surface area contributed by atoms with Crippen molar-refractivity contribution in [2.45, 2.75) is 82.9 Å². The van der Waals surface area contributed by atoms with Gasteiger partial charge in [-0.25, -0.2) is 0 Å². The van der Waals surface area contributed by atoms with Gasteiger partial charge in [-0.05, 0) is 19.3 Å². The van der Waals surface area contributed by atoms with Gasteiger partial charge in [-0.15, -0.1) is 0 Å². The van der Waals surface area contributed by atoms with E-state index in [1.54, 1.807) is 0 Å². The molecule has 0 fully saturated rings. The van der Waals surface area contributed by atoms with Crippen molar-refractivity contribution in [3.63, 3.8) is 0 Å². The fourth-order valence-electron chi connectivity index (χ4n) is 2.27. The second kappa shape index (κ2) is 12.3. The summed E-state index contributed by atoms with van der Waals surface area (Å²) in [5, 5.41) is 0. The zero-order valence-corrected chi connectivity index (χ0v) is 16.9. The molecule has 0 aliphatic heterocycles. The van der Waals surface area contributed by atoms with E-state index < -0.39 is 65.2 Å². The van der Waals surface area contributed by atoms with Crippen LogP contribution in [0.15, 0.2) is 0 Å². The number of carbonyl (C=O) groups is 2. The Morgan fingerprint density at radius 3 is 1.50 bits per heavy atom. The van der Waals surface area contributed by atoms with Crippen molar-refractivity contribution in [3.8, 4) is 0 Å². The third-order valence-electron chi connectivity index (χ3n) is 3.77. The van der Waals surface area contributed by atoms with Crippen LogP contribution in [0.2, 0.25) is 0 Å². The molecular formula is C16H24F6O7S. The summed E-state index contributed by atoms with van der Waals surface area (Å²) >= 11 is 0. The van der Waals surface area contributed by atoms with Crippen LogP contribution in [0, 0.1) is 0 Å². The Morgan fingerprint density at radius 2 is 1.17 bits per heavy atom. The van der Waals surface area contributed by atoms with Crippen LogP contribution in [0.25, 0.3) is 0 Å². The van der Waals surface area contributed by atoms with Gasteiger partial charge in [-0.2, -0.15) is 34.8 Å². The van der Waals surface area contributed by atoms with Crippen LogP contribution in [-0.4, -0.2) is 55.2 Å². The average Bonchev–Trinajstić information content (AvgIpc) is 2.55. The molecule has 0 aliphatic rings. The van der Waals surface area contributed by atoms with E-state index in [1.165, 1.54) is 6.92 Å². The summed E-state index contributed by atoms with van der Waals surface area (Å²) in [5.74, 6) is -4.08. The molecule has 0 bridgehead atoms. The average molecular weight is 474 g/mol. The predicted octanol–water partition coefficient (Wildman–Crippen LogP) is 3.96. The molecule has 0 saturated carbocycles. The van der Waals surface area contributed by atoms with Crippen molar-refractivity contribution in [1.82, 2.24) is 0 Å². The Labute approximate surface area is 169 Å². The van der Waals surface area contributed by atoms with Gasteiger partial charge in [0.05, 0.1) is 0 Å². The molecule has 0 aromatic heterocycles. The Balaban J connectivity index is 4.08. The molecule has 0 saturated heterocycles. The fraction of sp³-hybridized carbons (Fsp3) is 0.875. The maximum Gasteiger partial charge on any atom is 0.426 e. The maximum absolute atomic E-state index is 12.6. The van der Waals surface area contributed by atoms with E-state index in [1.807, 2.05) is 0 Å². The molecule has 0 aromatic rings. The van der Waals surface area contributed by atoms with E-state index in [9.17, 15) is 44.3 Å². The molecule has 2 atom stereocenters. The first kappa shape index (κ1) is 28.4. The van der Waals surface area contributed by atoms with E-state index in [0.29, 0.717) is 19.3 Å². The summed E-state index contributed by atoms with van der Waals surface area (Å²) in [6.45, 7) is 1.23.